The van der Waals surface area contributed by atoms with Gasteiger partial charge in [0.25, 0.3) is 5.56 Å². The molecule has 1 aromatic carbocycles. The molecule has 1 heterocycles. The topological polar surface area (TPSA) is 60.7 Å². The third-order valence-corrected chi connectivity index (χ3v) is 3.71. The maximum absolute atomic E-state index is 12.9. The van der Waals surface area contributed by atoms with Crippen LogP contribution in [0.15, 0.2) is 40.1 Å². The Balaban J connectivity index is 2.65. The Bertz CT molecular complexity index is 778. The van der Waals surface area contributed by atoms with Crippen molar-refractivity contribution in [3.63, 3.8) is 0 Å². The number of nitrogens with zero attached hydrogens (tertiary/aromatic N) is 2. The summed E-state index contributed by atoms with van der Waals surface area (Å²) in [6.07, 6.45) is 0. The number of carbonyl (C=O) groups excluding carboxylic acids is 1. The fourth-order valence-electron chi connectivity index (χ4n) is 1.67. The molecule has 0 unspecified atom stereocenters. The van der Waals surface area contributed by atoms with E-state index in [1.54, 1.807) is 6.92 Å². The highest BCUT2D eigenvalue weighted by molar-refractivity contribution is 7.11. The Kier molecular flexibility index (Phi) is 4.64. The summed E-state index contributed by atoms with van der Waals surface area (Å²) in [7, 11) is 1.25. The molecule has 0 spiro atoms. The van der Waals surface area contributed by atoms with Crippen molar-refractivity contribution in [3.8, 4) is 0 Å². The highest BCUT2D eigenvalue weighted by atomic mass is 32.1. The molecule has 0 aliphatic carbocycles. The van der Waals surface area contributed by atoms with Crippen LogP contribution >= 0.6 is 11.3 Å². The van der Waals surface area contributed by atoms with Gasteiger partial charge in [-0.05, 0) is 31.2 Å². The van der Waals surface area contributed by atoms with Crippen LogP contribution in [0, 0.1) is 5.82 Å². The lowest BCUT2D eigenvalue weighted by molar-refractivity contribution is 0.0605. The van der Waals surface area contributed by atoms with Crippen LogP contribution in [-0.2, 0) is 11.3 Å². The standard InChI is InChI=1S/C14H13FN2O3S/c1-3-17-12(18)8-11(13(19)20-2)21-14(17)16-10-6-4-9(15)5-7-10/h4-8H,3H2,1-2H3. The van der Waals surface area contributed by atoms with E-state index in [2.05, 4.69) is 9.73 Å². The van der Waals surface area contributed by atoms with Gasteiger partial charge in [-0.2, -0.15) is 0 Å². The van der Waals surface area contributed by atoms with Crippen LogP contribution in [0.3, 0.4) is 0 Å². The summed E-state index contributed by atoms with van der Waals surface area (Å²) < 4.78 is 18.9. The maximum Gasteiger partial charge on any atom is 0.348 e. The van der Waals surface area contributed by atoms with Crippen molar-refractivity contribution in [2.45, 2.75) is 13.5 Å². The second-order valence-corrected chi connectivity index (χ2v) is 5.06. The molecule has 2 rings (SSSR count). The molecule has 0 aliphatic rings. The molecule has 0 bridgehead atoms. The van der Waals surface area contributed by atoms with Crippen LogP contribution in [0.2, 0.25) is 0 Å². The number of hydrogen-bond donors (Lipinski definition) is 0. The number of methoxy groups -OCH3 is 1. The van der Waals surface area contributed by atoms with E-state index in [-0.39, 0.29) is 16.3 Å². The molecule has 5 nitrogen and oxygen atoms in total. The second-order valence-electron chi connectivity index (χ2n) is 4.06. The summed E-state index contributed by atoms with van der Waals surface area (Å²) in [5.74, 6) is -0.954. The van der Waals surface area contributed by atoms with Gasteiger partial charge in [-0.3, -0.25) is 9.36 Å². The van der Waals surface area contributed by atoms with Crippen molar-refractivity contribution in [1.29, 1.82) is 0 Å². The van der Waals surface area contributed by atoms with Gasteiger partial charge in [-0.25, -0.2) is 14.2 Å². The van der Waals surface area contributed by atoms with E-state index in [1.165, 1.54) is 42.0 Å². The highest BCUT2D eigenvalue weighted by Gasteiger charge is 2.10. The van der Waals surface area contributed by atoms with E-state index in [4.69, 9.17) is 0 Å². The fourth-order valence-corrected chi connectivity index (χ4v) is 2.67. The highest BCUT2D eigenvalue weighted by Crippen LogP contribution is 2.11. The largest absolute Gasteiger partial charge is 0.465 e. The SMILES string of the molecule is CCn1c(=O)cc(C(=O)OC)sc1=Nc1ccc(F)cc1. The summed E-state index contributed by atoms with van der Waals surface area (Å²) in [5.41, 5.74) is 0.161. The fraction of sp³-hybridized carbons (Fsp3) is 0.214. The van der Waals surface area contributed by atoms with E-state index in [0.717, 1.165) is 11.3 Å². The van der Waals surface area contributed by atoms with Crippen molar-refractivity contribution in [3.05, 3.63) is 56.2 Å². The summed E-state index contributed by atoms with van der Waals surface area (Å²) in [6, 6.07) is 6.78. The Hall–Kier alpha value is -2.28. The molecule has 0 fully saturated rings. The number of rotatable bonds is 3. The minimum absolute atomic E-state index is 0.174. The van der Waals surface area contributed by atoms with Crippen LogP contribution < -0.4 is 10.4 Å². The molecule has 2 aromatic rings. The lowest BCUT2D eigenvalue weighted by Gasteiger charge is -2.04. The number of ether oxygens (including phenoxy) is 1. The molecule has 0 N–H and O–H groups in total. The van der Waals surface area contributed by atoms with Crippen LogP contribution in [0.5, 0.6) is 0 Å². The molecular weight excluding hydrogens is 295 g/mol. The van der Waals surface area contributed by atoms with Gasteiger partial charge in [0.2, 0.25) is 0 Å². The van der Waals surface area contributed by atoms with E-state index >= 15 is 0 Å². The first-order chi connectivity index (χ1) is 10.0. The molecule has 0 atom stereocenters. The molecule has 110 valence electrons. The summed E-state index contributed by atoms with van der Waals surface area (Å²) in [6.45, 7) is 2.21. The Labute approximate surface area is 124 Å². The lowest BCUT2D eigenvalue weighted by atomic mass is 10.3. The third kappa shape index (κ3) is 3.43. The number of benzene rings is 1. The van der Waals surface area contributed by atoms with Gasteiger partial charge in [0, 0.05) is 12.6 Å². The van der Waals surface area contributed by atoms with Gasteiger partial charge in [0.1, 0.15) is 10.7 Å². The van der Waals surface area contributed by atoms with Crippen molar-refractivity contribution in [2.75, 3.05) is 7.11 Å². The zero-order valence-electron chi connectivity index (χ0n) is 11.5. The van der Waals surface area contributed by atoms with E-state index in [0.29, 0.717) is 17.0 Å². The molecule has 7 heteroatoms. The van der Waals surface area contributed by atoms with Gasteiger partial charge in [-0.1, -0.05) is 11.3 Å². The van der Waals surface area contributed by atoms with Crippen LogP contribution in [0.1, 0.15) is 16.6 Å². The summed E-state index contributed by atoms with van der Waals surface area (Å²) in [5, 5.41) is 0. The smallest absolute Gasteiger partial charge is 0.348 e. The monoisotopic (exact) mass is 308 g/mol. The molecule has 0 aliphatic heterocycles. The zero-order chi connectivity index (χ0) is 15.4. The number of hydrogen-bond acceptors (Lipinski definition) is 5. The Morgan fingerprint density at radius 2 is 2.05 bits per heavy atom. The molecule has 0 saturated heterocycles. The van der Waals surface area contributed by atoms with Crippen molar-refractivity contribution >= 4 is 23.0 Å². The van der Waals surface area contributed by atoms with Crippen molar-refractivity contribution in [1.82, 2.24) is 4.57 Å². The maximum atomic E-state index is 12.9. The number of halogens is 1. The quantitative estimate of drug-likeness (QED) is 0.816. The van der Waals surface area contributed by atoms with Crippen LogP contribution in [0.4, 0.5) is 10.1 Å². The minimum Gasteiger partial charge on any atom is -0.465 e. The Morgan fingerprint density at radius 1 is 1.38 bits per heavy atom. The second kappa shape index (κ2) is 6.45. The predicted octanol–water partition coefficient (Wildman–Crippen LogP) is 2.09. The van der Waals surface area contributed by atoms with E-state index in [9.17, 15) is 14.0 Å². The minimum atomic E-state index is -0.587. The average molecular weight is 308 g/mol. The van der Waals surface area contributed by atoms with Gasteiger partial charge in [0.05, 0.1) is 12.8 Å². The normalized spacial score (nSPS) is 11.5. The summed E-state index contributed by atoms with van der Waals surface area (Å²) in [4.78, 5) is 28.4. The van der Waals surface area contributed by atoms with Crippen molar-refractivity contribution < 1.29 is 13.9 Å². The predicted molar refractivity (Wildman–Crippen MR) is 77.2 cm³/mol. The number of aromatic nitrogens is 1. The van der Waals surface area contributed by atoms with Crippen LogP contribution in [-0.4, -0.2) is 17.6 Å². The van der Waals surface area contributed by atoms with Crippen molar-refractivity contribution in [2.24, 2.45) is 4.99 Å². The first-order valence-electron chi connectivity index (χ1n) is 6.18. The Morgan fingerprint density at radius 3 is 2.62 bits per heavy atom. The third-order valence-electron chi connectivity index (χ3n) is 2.71. The first kappa shape index (κ1) is 15.1. The first-order valence-corrected chi connectivity index (χ1v) is 7.00. The lowest BCUT2D eigenvalue weighted by Crippen LogP contribution is -2.31. The molecule has 0 saturated carbocycles. The van der Waals surface area contributed by atoms with Gasteiger partial charge in [-0.15, -0.1) is 0 Å². The average Bonchev–Trinajstić information content (AvgIpc) is 2.48. The van der Waals surface area contributed by atoms with E-state index in [1.807, 2.05) is 0 Å². The molecule has 1 aromatic heterocycles. The van der Waals surface area contributed by atoms with Gasteiger partial charge >= 0.3 is 5.97 Å². The molecular formula is C14H13FN2O3S. The van der Waals surface area contributed by atoms with Gasteiger partial charge < -0.3 is 4.74 Å². The number of carbonyl (C=O) groups is 1. The summed E-state index contributed by atoms with van der Waals surface area (Å²) >= 11 is 1.05. The van der Waals surface area contributed by atoms with E-state index < -0.39 is 5.97 Å². The molecule has 0 amide bonds. The van der Waals surface area contributed by atoms with Gasteiger partial charge in [0.15, 0.2) is 4.80 Å². The molecule has 0 radical (unpaired) electrons. The zero-order valence-corrected chi connectivity index (χ0v) is 12.3. The van der Waals surface area contributed by atoms with Crippen LogP contribution in [0.25, 0.3) is 0 Å². The molecule has 21 heavy (non-hydrogen) atoms. The number of esters is 1.